The number of benzene rings is 2. The summed E-state index contributed by atoms with van der Waals surface area (Å²) in [4.78, 5) is -0.234. The highest BCUT2D eigenvalue weighted by Gasteiger charge is 2.21. The van der Waals surface area contributed by atoms with Crippen LogP contribution in [0.25, 0.3) is 0 Å². The molecule has 0 saturated heterocycles. The zero-order chi connectivity index (χ0) is 15.8. The Labute approximate surface area is 136 Å². The van der Waals surface area contributed by atoms with E-state index in [0.29, 0.717) is 5.56 Å². The molecule has 0 aliphatic carbocycles. The van der Waals surface area contributed by atoms with Gasteiger partial charge in [0.05, 0.1) is 20.8 Å². The first-order valence-corrected chi connectivity index (χ1v) is 8.26. The van der Waals surface area contributed by atoms with Crippen molar-refractivity contribution in [1.82, 2.24) is 0 Å². The number of hydrogen-bond acceptors (Lipinski definition) is 2. The third-order valence-electron chi connectivity index (χ3n) is 2.71. The highest BCUT2D eigenvalue weighted by Crippen LogP contribution is 2.32. The van der Waals surface area contributed by atoms with Crippen molar-refractivity contribution in [1.29, 1.82) is 0 Å². The van der Waals surface area contributed by atoms with E-state index in [-0.39, 0.29) is 25.7 Å². The SMILES string of the molecule is Cc1ccc(F)cc1NS(=O)(=O)c1cc(Cl)c(Cl)cc1Cl. The first-order chi connectivity index (χ1) is 9.70. The normalized spacial score (nSPS) is 11.5. The maximum atomic E-state index is 13.2. The molecule has 2 aromatic carbocycles. The molecule has 0 radical (unpaired) electrons. The minimum atomic E-state index is -4.01. The van der Waals surface area contributed by atoms with Gasteiger partial charge >= 0.3 is 0 Å². The van der Waals surface area contributed by atoms with E-state index >= 15 is 0 Å². The van der Waals surface area contributed by atoms with Crippen LogP contribution in [0.3, 0.4) is 0 Å². The molecule has 3 nitrogen and oxygen atoms in total. The van der Waals surface area contributed by atoms with Gasteiger partial charge in [-0.25, -0.2) is 12.8 Å². The minimum absolute atomic E-state index is 0.0532. The molecular weight excluding hydrogens is 360 g/mol. The molecule has 0 unspecified atom stereocenters. The molecule has 0 aromatic heterocycles. The highest BCUT2D eigenvalue weighted by molar-refractivity contribution is 7.92. The van der Waals surface area contributed by atoms with E-state index in [1.165, 1.54) is 18.2 Å². The van der Waals surface area contributed by atoms with E-state index in [1.807, 2.05) is 0 Å². The fourth-order valence-electron chi connectivity index (χ4n) is 1.61. The van der Waals surface area contributed by atoms with Gasteiger partial charge in [-0.05, 0) is 36.8 Å². The molecule has 0 atom stereocenters. The number of anilines is 1. The van der Waals surface area contributed by atoms with Crippen LogP contribution >= 0.6 is 34.8 Å². The Hall–Kier alpha value is -1.01. The standard InChI is InChI=1S/C13H9Cl3FNO2S/c1-7-2-3-8(17)4-12(7)18-21(19,20)13-6-10(15)9(14)5-11(13)16/h2-6,18H,1H3. The Bertz CT molecular complexity index is 809. The van der Waals surface area contributed by atoms with Crippen LogP contribution in [0.15, 0.2) is 35.2 Å². The summed E-state index contributed by atoms with van der Waals surface area (Å²) in [5.74, 6) is -0.557. The predicted octanol–water partition coefficient (Wildman–Crippen LogP) is 4.90. The van der Waals surface area contributed by atoms with E-state index in [2.05, 4.69) is 4.72 Å². The van der Waals surface area contributed by atoms with Gasteiger partial charge < -0.3 is 0 Å². The minimum Gasteiger partial charge on any atom is -0.279 e. The molecule has 0 aliphatic rings. The number of hydrogen-bond donors (Lipinski definition) is 1. The summed E-state index contributed by atoms with van der Waals surface area (Å²) in [5, 5.41) is 0.117. The van der Waals surface area contributed by atoms with Crippen molar-refractivity contribution in [3.63, 3.8) is 0 Å². The van der Waals surface area contributed by atoms with Gasteiger partial charge in [0, 0.05) is 0 Å². The summed E-state index contributed by atoms with van der Waals surface area (Å²) in [6.07, 6.45) is 0. The number of halogens is 4. The molecule has 2 aromatic rings. The summed E-state index contributed by atoms with van der Waals surface area (Å²) in [5.41, 5.74) is 0.688. The summed E-state index contributed by atoms with van der Waals surface area (Å²) in [7, 11) is -4.01. The van der Waals surface area contributed by atoms with Crippen LogP contribution in [0, 0.1) is 12.7 Å². The predicted molar refractivity (Wildman–Crippen MR) is 83.4 cm³/mol. The molecular formula is C13H9Cl3FNO2S. The average Bonchev–Trinajstić information content (AvgIpc) is 2.37. The number of sulfonamides is 1. The quantitative estimate of drug-likeness (QED) is 0.784. The third kappa shape index (κ3) is 3.61. The van der Waals surface area contributed by atoms with Crippen LogP contribution in [0.4, 0.5) is 10.1 Å². The summed E-state index contributed by atoms with van der Waals surface area (Å²) >= 11 is 17.5. The van der Waals surface area contributed by atoms with Crippen LogP contribution in [0.5, 0.6) is 0 Å². The van der Waals surface area contributed by atoms with Crippen molar-refractivity contribution in [3.8, 4) is 0 Å². The molecule has 0 fully saturated rings. The number of aryl methyl sites for hydroxylation is 1. The van der Waals surface area contributed by atoms with Gasteiger partial charge in [0.15, 0.2) is 0 Å². The van der Waals surface area contributed by atoms with E-state index in [9.17, 15) is 12.8 Å². The van der Waals surface area contributed by atoms with Gasteiger partial charge in [0.25, 0.3) is 10.0 Å². The van der Waals surface area contributed by atoms with Crippen LogP contribution in [0.2, 0.25) is 15.1 Å². The van der Waals surface area contributed by atoms with Crippen molar-refractivity contribution in [2.24, 2.45) is 0 Å². The lowest BCUT2D eigenvalue weighted by Gasteiger charge is -2.12. The van der Waals surface area contributed by atoms with Crippen molar-refractivity contribution in [3.05, 3.63) is 56.8 Å². The lowest BCUT2D eigenvalue weighted by Crippen LogP contribution is -2.14. The van der Waals surface area contributed by atoms with Gasteiger partial charge in [-0.2, -0.15) is 0 Å². The molecule has 0 heterocycles. The van der Waals surface area contributed by atoms with Gasteiger partial charge in [-0.15, -0.1) is 0 Å². The Kier molecular flexibility index (Phi) is 4.68. The number of rotatable bonds is 3. The number of nitrogens with one attached hydrogen (secondary N) is 1. The van der Waals surface area contributed by atoms with E-state index in [1.54, 1.807) is 6.92 Å². The molecule has 8 heteroatoms. The highest BCUT2D eigenvalue weighted by atomic mass is 35.5. The fourth-order valence-corrected chi connectivity index (χ4v) is 3.74. The van der Waals surface area contributed by atoms with Crippen LogP contribution < -0.4 is 4.72 Å². The average molecular weight is 369 g/mol. The van der Waals surface area contributed by atoms with Crippen molar-refractivity contribution < 1.29 is 12.8 Å². The second-order valence-corrected chi connectivity index (χ2v) is 7.13. The summed E-state index contributed by atoms with van der Waals surface area (Å²) in [6, 6.07) is 6.16. The monoisotopic (exact) mass is 367 g/mol. The Morgan fingerprint density at radius 2 is 1.62 bits per heavy atom. The molecule has 112 valence electrons. The van der Waals surface area contributed by atoms with Crippen LogP contribution in [0.1, 0.15) is 5.56 Å². The lowest BCUT2D eigenvalue weighted by atomic mass is 10.2. The third-order valence-corrected chi connectivity index (χ3v) is 5.26. The second-order valence-electron chi connectivity index (χ2n) is 4.26. The molecule has 0 aliphatic heterocycles. The second kappa shape index (κ2) is 6.01. The zero-order valence-electron chi connectivity index (χ0n) is 10.6. The summed E-state index contributed by atoms with van der Waals surface area (Å²) < 4.78 is 40.2. The Morgan fingerprint density at radius 1 is 1.00 bits per heavy atom. The van der Waals surface area contributed by atoms with Gasteiger partial charge in [0.2, 0.25) is 0 Å². The van der Waals surface area contributed by atoms with E-state index < -0.39 is 15.8 Å². The maximum Gasteiger partial charge on any atom is 0.263 e. The van der Waals surface area contributed by atoms with Gasteiger partial charge in [-0.1, -0.05) is 40.9 Å². The largest absolute Gasteiger partial charge is 0.279 e. The molecule has 21 heavy (non-hydrogen) atoms. The molecule has 0 amide bonds. The Balaban J connectivity index is 2.48. The molecule has 2 rings (SSSR count). The van der Waals surface area contributed by atoms with Crippen molar-refractivity contribution in [2.45, 2.75) is 11.8 Å². The van der Waals surface area contributed by atoms with Crippen molar-refractivity contribution >= 4 is 50.5 Å². The lowest BCUT2D eigenvalue weighted by molar-refractivity contribution is 0.601. The molecule has 0 bridgehead atoms. The maximum absolute atomic E-state index is 13.2. The van der Waals surface area contributed by atoms with Crippen molar-refractivity contribution in [2.75, 3.05) is 4.72 Å². The zero-order valence-corrected chi connectivity index (χ0v) is 13.7. The molecule has 1 N–H and O–H groups in total. The smallest absolute Gasteiger partial charge is 0.263 e. The van der Waals surface area contributed by atoms with E-state index in [4.69, 9.17) is 34.8 Å². The Morgan fingerprint density at radius 3 is 2.29 bits per heavy atom. The first-order valence-electron chi connectivity index (χ1n) is 5.64. The van der Waals surface area contributed by atoms with Gasteiger partial charge in [0.1, 0.15) is 10.7 Å². The van der Waals surface area contributed by atoms with Crippen LogP contribution in [-0.4, -0.2) is 8.42 Å². The molecule has 0 spiro atoms. The molecule has 0 saturated carbocycles. The first kappa shape index (κ1) is 16.4. The fraction of sp³-hybridized carbons (Fsp3) is 0.0769. The topological polar surface area (TPSA) is 46.2 Å². The van der Waals surface area contributed by atoms with Crippen LogP contribution in [-0.2, 0) is 10.0 Å². The summed E-state index contributed by atoms with van der Waals surface area (Å²) in [6.45, 7) is 1.65. The van der Waals surface area contributed by atoms with Gasteiger partial charge in [-0.3, -0.25) is 4.72 Å². The van der Waals surface area contributed by atoms with E-state index in [0.717, 1.165) is 12.1 Å².